The van der Waals surface area contributed by atoms with Crippen molar-refractivity contribution in [1.29, 1.82) is 0 Å². The van der Waals surface area contributed by atoms with Gasteiger partial charge in [0.15, 0.2) is 11.5 Å². The number of carbonyl (C=O) groups excluding carboxylic acids is 1. The number of carboxylic acids is 1. The molecule has 0 radical (unpaired) electrons. The van der Waals surface area contributed by atoms with Gasteiger partial charge in [-0.1, -0.05) is 0 Å². The Balaban J connectivity index is 2.05. The molecule has 1 aromatic carbocycles. The molecule has 0 aliphatic heterocycles. The molecule has 1 fully saturated rings. The van der Waals surface area contributed by atoms with Crippen molar-refractivity contribution in [1.82, 2.24) is 4.90 Å². The van der Waals surface area contributed by atoms with Crippen LogP contribution in [0.5, 0.6) is 11.5 Å². The summed E-state index contributed by atoms with van der Waals surface area (Å²) < 4.78 is 11.3. The Bertz CT molecular complexity index is 581. The average molecular weight is 335 g/mol. The third-order valence-electron chi connectivity index (χ3n) is 4.24. The Morgan fingerprint density at radius 1 is 1.25 bits per heavy atom. The van der Waals surface area contributed by atoms with Crippen LogP contribution in [-0.2, 0) is 4.79 Å². The van der Waals surface area contributed by atoms with E-state index in [2.05, 4.69) is 0 Å². The minimum Gasteiger partial charge on any atom is -0.493 e. The average Bonchev–Trinajstić information content (AvgIpc) is 3.06. The van der Waals surface area contributed by atoms with Gasteiger partial charge in [-0.05, 0) is 50.3 Å². The fourth-order valence-electron chi connectivity index (χ4n) is 2.88. The summed E-state index contributed by atoms with van der Waals surface area (Å²) in [4.78, 5) is 24.6. The van der Waals surface area contributed by atoms with Gasteiger partial charge in [0.2, 0.25) is 0 Å². The van der Waals surface area contributed by atoms with Crippen molar-refractivity contribution in [3.05, 3.63) is 23.8 Å². The zero-order chi connectivity index (χ0) is 17.5. The lowest BCUT2D eigenvalue weighted by atomic mass is 10.1. The van der Waals surface area contributed by atoms with E-state index in [0.717, 1.165) is 25.7 Å². The Kier molecular flexibility index (Phi) is 6.46. The normalized spacial score (nSPS) is 14.4. The van der Waals surface area contributed by atoms with Gasteiger partial charge in [0.1, 0.15) is 0 Å². The molecule has 1 amide bonds. The van der Waals surface area contributed by atoms with E-state index in [1.165, 1.54) is 4.90 Å². The van der Waals surface area contributed by atoms with Crippen LogP contribution in [0.3, 0.4) is 0 Å². The number of rotatable bonds is 8. The monoisotopic (exact) mass is 335 g/mol. The predicted octanol–water partition coefficient (Wildman–Crippen LogP) is 2.95. The fraction of sp³-hybridized carbons (Fsp3) is 0.556. The van der Waals surface area contributed by atoms with E-state index >= 15 is 0 Å². The minimum atomic E-state index is -0.854. The molecule has 0 aromatic heterocycles. The number of benzene rings is 1. The van der Waals surface area contributed by atoms with Gasteiger partial charge in [0, 0.05) is 25.6 Å². The largest absolute Gasteiger partial charge is 0.493 e. The van der Waals surface area contributed by atoms with Crippen molar-refractivity contribution in [3.8, 4) is 11.5 Å². The summed E-state index contributed by atoms with van der Waals surface area (Å²) in [6, 6.07) is 5.16. The number of amides is 1. The van der Waals surface area contributed by atoms with Crippen LogP contribution in [0.2, 0.25) is 0 Å². The van der Waals surface area contributed by atoms with Crippen LogP contribution in [0, 0.1) is 0 Å². The van der Waals surface area contributed by atoms with Gasteiger partial charge in [-0.25, -0.2) is 0 Å². The quantitative estimate of drug-likeness (QED) is 0.790. The molecule has 1 N–H and O–H groups in total. The topological polar surface area (TPSA) is 76.1 Å². The highest BCUT2D eigenvalue weighted by Crippen LogP contribution is 2.32. The smallest absolute Gasteiger partial charge is 0.303 e. The number of carboxylic acid groups (broad SMARTS) is 1. The molecule has 1 aliphatic rings. The van der Waals surface area contributed by atoms with Gasteiger partial charge >= 0.3 is 5.97 Å². The number of ether oxygens (including phenoxy) is 2. The number of carbonyl (C=O) groups is 2. The second kappa shape index (κ2) is 8.57. The van der Waals surface area contributed by atoms with Crippen molar-refractivity contribution in [3.63, 3.8) is 0 Å². The van der Waals surface area contributed by atoms with Gasteiger partial charge in [0.25, 0.3) is 5.91 Å². The lowest BCUT2D eigenvalue weighted by molar-refractivity contribution is -0.137. The first kappa shape index (κ1) is 18.1. The number of aliphatic carboxylic acids is 1. The molecule has 0 unspecified atom stereocenters. The molecule has 0 heterocycles. The summed E-state index contributed by atoms with van der Waals surface area (Å²) in [5.74, 6) is 0.202. The zero-order valence-electron chi connectivity index (χ0n) is 14.3. The van der Waals surface area contributed by atoms with Crippen LogP contribution in [0.1, 0.15) is 48.9 Å². The highest BCUT2D eigenvalue weighted by molar-refractivity contribution is 5.94. The Morgan fingerprint density at radius 2 is 1.96 bits per heavy atom. The highest BCUT2D eigenvalue weighted by atomic mass is 16.5. The first-order valence-electron chi connectivity index (χ1n) is 8.33. The first-order valence-corrected chi connectivity index (χ1v) is 8.33. The molecule has 1 saturated carbocycles. The molecule has 6 nitrogen and oxygen atoms in total. The maximum Gasteiger partial charge on any atom is 0.303 e. The first-order chi connectivity index (χ1) is 11.5. The number of hydrogen-bond donors (Lipinski definition) is 1. The van der Waals surface area contributed by atoms with E-state index in [-0.39, 0.29) is 18.4 Å². The second-order valence-corrected chi connectivity index (χ2v) is 6.11. The molecule has 132 valence electrons. The third kappa shape index (κ3) is 4.88. The lowest BCUT2D eigenvalue weighted by Gasteiger charge is -2.19. The number of methoxy groups -OCH3 is 1. The minimum absolute atomic E-state index is 0.0519. The molecule has 0 saturated heterocycles. The molecule has 24 heavy (non-hydrogen) atoms. The van der Waals surface area contributed by atoms with Crippen LogP contribution in [-0.4, -0.2) is 48.7 Å². The van der Waals surface area contributed by atoms with Gasteiger partial charge in [-0.3, -0.25) is 9.59 Å². The van der Waals surface area contributed by atoms with E-state index in [1.54, 1.807) is 32.4 Å². The molecular formula is C18H25NO5. The molecule has 6 heteroatoms. The van der Waals surface area contributed by atoms with Gasteiger partial charge in [0.05, 0.1) is 13.2 Å². The van der Waals surface area contributed by atoms with E-state index in [1.807, 2.05) is 0 Å². The van der Waals surface area contributed by atoms with Crippen molar-refractivity contribution >= 4 is 11.9 Å². The summed E-state index contributed by atoms with van der Waals surface area (Å²) in [6.07, 6.45) is 5.04. The summed E-state index contributed by atoms with van der Waals surface area (Å²) in [5.41, 5.74) is 0.515. The van der Waals surface area contributed by atoms with Gasteiger partial charge in [-0.2, -0.15) is 0 Å². The highest BCUT2D eigenvalue weighted by Gasteiger charge is 2.20. The summed E-state index contributed by atoms with van der Waals surface area (Å²) in [6.45, 7) is 0.399. The maximum absolute atomic E-state index is 12.5. The zero-order valence-corrected chi connectivity index (χ0v) is 14.3. The summed E-state index contributed by atoms with van der Waals surface area (Å²) in [5, 5.41) is 8.68. The molecule has 0 bridgehead atoms. The molecule has 0 atom stereocenters. The predicted molar refractivity (Wildman–Crippen MR) is 89.7 cm³/mol. The van der Waals surface area contributed by atoms with Crippen molar-refractivity contribution in [2.75, 3.05) is 20.7 Å². The second-order valence-electron chi connectivity index (χ2n) is 6.11. The van der Waals surface area contributed by atoms with Crippen LogP contribution in [0.4, 0.5) is 0 Å². The summed E-state index contributed by atoms with van der Waals surface area (Å²) >= 11 is 0. The van der Waals surface area contributed by atoms with E-state index < -0.39 is 5.97 Å². The lowest BCUT2D eigenvalue weighted by Crippen LogP contribution is -2.28. The molecule has 1 aromatic rings. The molecule has 0 spiro atoms. The van der Waals surface area contributed by atoms with Crippen molar-refractivity contribution in [2.24, 2.45) is 0 Å². The standard InChI is InChI=1S/C18H25NO5/c1-19(11-5-8-17(20)21)18(22)13-9-10-15(23-2)16(12-13)24-14-6-3-4-7-14/h9-10,12,14H,3-8,11H2,1-2H3,(H,20,21). The Hall–Kier alpha value is -2.24. The van der Waals surface area contributed by atoms with E-state index in [4.69, 9.17) is 14.6 Å². The number of nitrogens with zero attached hydrogens (tertiary/aromatic N) is 1. The van der Waals surface area contributed by atoms with E-state index in [0.29, 0.717) is 30.0 Å². The summed E-state index contributed by atoms with van der Waals surface area (Å²) in [7, 11) is 3.25. The fourth-order valence-corrected chi connectivity index (χ4v) is 2.88. The SMILES string of the molecule is COc1ccc(C(=O)N(C)CCCC(=O)O)cc1OC1CCCC1. The van der Waals surface area contributed by atoms with E-state index in [9.17, 15) is 9.59 Å². The molecule has 1 aliphatic carbocycles. The maximum atomic E-state index is 12.5. The Labute approximate surface area is 142 Å². The van der Waals surface area contributed by atoms with Crippen molar-refractivity contribution in [2.45, 2.75) is 44.6 Å². The van der Waals surface area contributed by atoms with Crippen LogP contribution >= 0.6 is 0 Å². The Morgan fingerprint density at radius 3 is 2.58 bits per heavy atom. The van der Waals surface area contributed by atoms with Crippen LogP contribution in [0.15, 0.2) is 18.2 Å². The molecular weight excluding hydrogens is 310 g/mol. The number of hydrogen-bond acceptors (Lipinski definition) is 4. The third-order valence-corrected chi connectivity index (χ3v) is 4.24. The van der Waals surface area contributed by atoms with Gasteiger partial charge in [-0.15, -0.1) is 0 Å². The van der Waals surface area contributed by atoms with Crippen LogP contribution < -0.4 is 9.47 Å². The molecule has 2 rings (SSSR count). The van der Waals surface area contributed by atoms with Gasteiger partial charge < -0.3 is 19.5 Å². The van der Waals surface area contributed by atoms with Crippen molar-refractivity contribution < 1.29 is 24.2 Å². The van der Waals surface area contributed by atoms with Crippen LogP contribution in [0.25, 0.3) is 0 Å².